The number of hydrogen-bond acceptors (Lipinski definition) is 2. The van der Waals surface area contributed by atoms with Crippen LogP contribution in [0.25, 0.3) is 0 Å². The van der Waals surface area contributed by atoms with Crippen LogP contribution >= 0.6 is 23.2 Å². The normalized spacial score (nSPS) is 18.6. The third kappa shape index (κ3) is 3.54. The molecule has 2 aromatic rings. The van der Waals surface area contributed by atoms with Crippen molar-refractivity contribution in [3.63, 3.8) is 0 Å². The minimum absolute atomic E-state index is 0.155. The molecule has 0 heterocycles. The fourth-order valence-electron chi connectivity index (χ4n) is 2.15. The molecule has 114 valence electrons. The number of benzene rings is 2. The minimum Gasteiger partial charge on any atom is -0.457 e. The smallest absolute Gasteiger partial charge is 0.230 e. The molecule has 1 aliphatic carbocycles. The molecule has 1 fully saturated rings. The van der Waals surface area contributed by atoms with Gasteiger partial charge in [-0.05, 0) is 55.3 Å². The number of ether oxygens (including phenoxy) is 1. The van der Waals surface area contributed by atoms with Crippen molar-refractivity contribution < 1.29 is 9.53 Å². The van der Waals surface area contributed by atoms with Crippen LogP contribution in [0, 0.1) is 12.8 Å². The molecule has 22 heavy (non-hydrogen) atoms. The van der Waals surface area contributed by atoms with Gasteiger partial charge in [0.25, 0.3) is 0 Å². The molecule has 3 nitrogen and oxygen atoms in total. The summed E-state index contributed by atoms with van der Waals surface area (Å²) in [4.78, 5) is 11.9. The van der Waals surface area contributed by atoms with Crippen molar-refractivity contribution in [3.05, 3.63) is 54.1 Å². The topological polar surface area (TPSA) is 38.3 Å². The van der Waals surface area contributed by atoms with Crippen LogP contribution in [0.2, 0.25) is 0 Å². The summed E-state index contributed by atoms with van der Waals surface area (Å²) in [5, 5.41) is 2.80. The lowest BCUT2D eigenvalue weighted by atomic mass is 10.2. The number of amides is 1. The Kier molecular flexibility index (Phi) is 4.02. The second-order valence-corrected chi connectivity index (χ2v) is 6.99. The maximum absolute atomic E-state index is 11.9. The second-order valence-electron chi connectivity index (χ2n) is 5.45. The van der Waals surface area contributed by atoms with Crippen LogP contribution < -0.4 is 10.1 Å². The Bertz CT molecular complexity index is 698. The summed E-state index contributed by atoms with van der Waals surface area (Å²) in [6, 6.07) is 15.0. The van der Waals surface area contributed by atoms with Gasteiger partial charge in [-0.3, -0.25) is 4.79 Å². The first-order valence-electron chi connectivity index (χ1n) is 6.97. The highest BCUT2D eigenvalue weighted by atomic mass is 35.5. The van der Waals surface area contributed by atoms with E-state index in [2.05, 4.69) is 5.32 Å². The van der Waals surface area contributed by atoms with E-state index < -0.39 is 4.33 Å². The number of halogens is 2. The summed E-state index contributed by atoms with van der Waals surface area (Å²) in [6.45, 7) is 2.01. The summed E-state index contributed by atoms with van der Waals surface area (Å²) >= 11 is 11.8. The molecular weight excluding hydrogens is 321 g/mol. The molecule has 3 rings (SSSR count). The van der Waals surface area contributed by atoms with Crippen molar-refractivity contribution in [1.82, 2.24) is 0 Å². The van der Waals surface area contributed by atoms with Crippen molar-refractivity contribution >= 4 is 34.8 Å². The van der Waals surface area contributed by atoms with Crippen molar-refractivity contribution in [1.29, 1.82) is 0 Å². The summed E-state index contributed by atoms with van der Waals surface area (Å²) in [7, 11) is 0. The van der Waals surface area contributed by atoms with Crippen LogP contribution in [0.15, 0.2) is 48.5 Å². The first-order chi connectivity index (χ1) is 10.4. The fraction of sp³-hybridized carbons (Fsp3) is 0.235. The predicted molar refractivity (Wildman–Crippen MR) is 88.9 cm³/mol. The fourth-order valence-corrected chi connectivity index (χ4v) is 2.66. The minimum atomic E-state index is -0.904. The lowest BCUT2D eigenvalue weighted by Gasteiger charge is -2.08. The van der Waals surface area contributed by atoms with Crippen LogP contribution in [0.1, 0.15) is 12.0 Å². The van der Waals surface area contributed by atoms with Gasteiger partial charge in [0.2, 0.25) is 5.91 Å². The van der Waals surface area contributed by atoms with Crippen molar-refractivity contribution in [2.75, 3.05) is 5.32 Å². The van der Waals surface area contributed by atoms with Gasteiger partial charge in [-0.2, -0.15) is 0 Å². The zero-order chi connectivity index (χ0) is 15.7. The van der Waals surface area contributed by atoms with E-state index in [0.717, 1.165) is 11.3 Å². The largest absolute Gasteiger partial charge is 0.457 e. The van der Waals surface area contributed by atoms with Crippen molar-refractivity contribution in [2.24, 2.45) is 5.92 Å². The van der Waals surface area contributed by atoms with Crippen LogP contribution in [0.3, 0.4) is 0 Å². The Labute approximate surface area is 139 Å². The van der Waals surface area contributed by atoms with Crippen LogP contribution in [-0.4, -0.2) is 10.2 Å². The van der Waals surface area contributed by atoms with Gasteiger partial charge in [0.15, 0.2) is 0 Å². The van der Waals surface area contributed by atoms with E-state index in [1.165, 1.54) is 0 Å². The average Bonchev–Trinajstić information content (AvgIpc) is 3.10. The first kappa shape index (κ1) is 15.2. The Morgan fingerprint density at radius 1 is 1.18 bits per heavy atom. The molecule has 1 aliphatic rings. The summed E-state index contributed by atoms with van der Waals surface area (Å²) in [5.74, 6) is 0.999. The lowest BCUT2D eigenvalue weighted by molar-refractivity contribution is -0.117. The van der Waals surface area contributed by atoms with Gasteiger partial charge in [-0.15, -0.1) is 23.2 Å². The highest BCUT2D eigenvalue weighted by Gasteiger charge is 2.56. The van der Waals surface area contributed by atoms with E-state index in [1.54, 1.807) is 24.3 Å². The number of alkyl halides is 2. The highest BCUT2D eigenvalue weighted by Crippen LogP contribution is 2.53. The molecule has 2 aromatic carbocycles. The van der Waals surface area contributed by atoms with E-state index in [9.17, 15) is 4.79 Å². The molecule has 1 amide bonds. The van der Waals surface area contributed by atoms with Gasteiger partial charge in [-0.25, -0.2) is 0 Å². The van der Waals surface area contributed by atoms with E-state index in [1.807, 2.05) is 31.2 Å². The van der Waals surface area contributed by atoms with Crippen molar-refractivity contribution in [3.8, 4) is 11.5 Å². The third-order valence-corrected chi connectivity index (χ3v) is 4.32. The quantitative estimate of drug-likeness (QED) is 0.805. The van der Waals surface area contributed by atoms with Crippen molar-refractivity contribution in [2.45, 2.75) is 17.7 Å². The van der Waals surface area contributed by atoms with Crippen LogP contribution in [-0.2, 0) is 4.79 Å². The van der Waals surface area contributed by atoms with Gasteiger partial charge in [0.1, 0.15) is 15.8 Å². The molecule has 1 N–H and O–H groups in total. The summed E-state index contributed by atoms with van der Waals surface area (Å²) in [6.07, 6.45) is 0.497. The van der Waals surface area contributed by atoms with Gasteiger partial charge < -0.3 is 10.1 Å². The first-order valence-corrected chi connectivity index (χ1v) is 7.73. The van der Waals surface area contributed by atoms with Gasteiger partial charge in [-0.1, -0.05) is 12.1 Å². The molecule has 0 aromatic heterocycles. The predicted octanol–water partition coefficient (Wildman–Crippen LogP) is 4.92. The van der Waals surface area contributed by atoms with E-state index in [-0.39, 0.29) is 11.8 Å². The number of anilines is 1. The maximum atomic E-state index is 11.9. The average molecular weight is 336 g/mol. The van der Waals surface area contributed by atoms with Gasteiger partial charge in [0, 0.05) is 5.69 Å². The zero-order valence-corrected chi connectivity index (χ0v) is 13.5. The highest BCUT2D eigenvalue weighted by molar-refractivity contribution is 6.52. The monoisotopic (exact) mass is 335 g/mol. The molecule has 0 spiro atoms. The summed E-state index contributed by atoms with van der Waals surface area (Å²) in [5.41, 5.74) is 1.83. The second kappa shape index (κ2) is 5.82. The number of aryl methyl sites for hydroxylation is 1. The lowest BCUT2D eigenvalue weighted by Crippen LogP contribution is -2.16. The Hall–Kier alpha value is -1.71. The van der Waals surface area contributed by atoms with E-state index in [4.69, 9.17) is 27.9 Å². The maximum Gasteiger partial charge on any atom is 0.230 e. The summed E-state index contributed by atoms with van der Waals surface area (Å²) < 4.78 is 4.85. The molecule has 0 unspecified atom stereocenters. The molecule has 1 saturated carbocycles. The molecular formula is C17H15Cl2NO2. The molecule has 0 saturated heterocycles. The van der Waals surface area contributed by atoms with Crippen LogP contribution in [0.5, 0.6) is 11.5 Å². The number of hydrogen-bond donors (Lipinski definition) is 1. The molecule has 1 atom stereocenters. The molecule has 0 aliphatic heterocycles. The molecule has 0 bridgehead atoms. The van der Waals surface area contributed by atoms with Gasteiger partial charge in [0.05, 0.1) is 5.92 Å². The van der Waals surface area contributed by atoms with E-state index in [0.29, 0.717) is 17.9 Å². The number of rotatable bonds is 4. The zero-order valence-electron chi connectivity index (χ0n) is 12.0. The number of carbonyl (C=O) groups excluding carboxylic acids is 1. The molecule has 5 heteroatoms. The van der Waals surface area contributed by atoms with Gasteiger partial charge >= 0.3 is 0 Å². The Balaban J connectivity index is 1.62. The number of carbonyl (C=O) groups is 1. The SMILES string of the molecule is Cc1cccc(Oc2ccc(NC(=O)[C@@H]3CC3(Cl)Cl)cc2)c1. The Morgan fingerprint density at radius 2 is 1.86 bits per heavy atom. The molecule has 0 radical (unpaired) electrons. The van der Waals surface area contributed by atoms with Crippen LogP contribution in [0.4, 0.5) is 5.69 Å². The number of nitrogens with one attached hydrogen (secondary N) is 1. The van der Waals surface area contributed by atoms with E-state index >= 15 is 0 Å². The third-order valence-electron chi connectivity index (χ3n) is 3.49. The Morgan fingerprint density at radius 3 is 2.45 bits per heavy atom. The standard InChI is InChI=1S/C17H15Cl2NO2/c1-11-3-2-4-14(9-11)22-13-7-5-12(6-8-13)20-16(21)15-10-17(15,18)19/h2-9,15H,10H2,1H3,(H,20,21)/t15-/m0/s1.